The normalized spacial score (nSPS) is 19.7. The van der Waals surface area contributed by atoms with E-state index in [1.807, 2.05) is 25.1 Å². The number of aromatic nitrogens is 1. The minimum absolute atomic E-state index is 0.127. The van der Waals surface area contributed by atoms with Crippen molar-refractivity contribution < 1.29 is 27.2 Å². The fraction of sp³-hybridized carbons (Fsp3) is 0.300. The number of hydrogen-bond donors (Lipinski definition) is 2. The number of fused-ring (bicyclic) bond motifs is 1. The molecule has 9 heteroatoms. The van der Waals surface area contributed by atoms with E-state index in [0.29, 0.717) is 0 Å². The van der Waals surface area contributed by atoms with Crippen molar-refractivity contribution in [2.45, 2.75) is 19.1 Å². The number of carbonyl (C=O) groups is 2. The van der Waals surface area contributed by atoms with Gasteiger partial charge in [-0.1, -0.05) is 12.1 Å². The monoisotopic (exact) mass is 405 g/mol. The number of amides is 2. The van der Waals surface area contributed by atoms with Gasteiger partial charge in [0.25, 0.3) is 11.8 Å². The van der Waals surface area contributed by atoms with Gasteiger partial charge in [-0.05, 0) is 30.7 Å². The molecule has 6 nitrogen and oxygen atoms in total. The summed E-state index contributed by atoms with van der Waals surface area (Å²) in [4.78, 5) is 29.1. The maximum Gasteiger partial charge on any atom is 0.395 e. The predicted molar refractivity (Wildman–Crippen MR) is 98.4 cm³/mol. The molecule has 1 saturated heterocycles. The standard InChI is InChI=1S/C20H18F3N3O3/c1-11-2-3-12-7-16(24-15(12)6-11)19(28)26-8-14(20(21,22)23)17(9-26)25-18(27)13-4-5-29-10-13/h2-7,10,14,17,24H,8-9H2,1H3,(H,25,27)/t14-,17-/m1/s1. The van der Waals surface area contributed by atoms with Crippen LogP contribution in [0.2, 0.25) is 0 Å². The summed E-state index contributed by atoms with van der Waals surface area (Å²) in [5, 5.41) is 3.19. The molecule has 4 rings (SSSR count). The van der Waals surface area contributed by atoms with Crippen LogP contribution in [0.4, 0.5) is 13.2 Å². The molecule has 0 saturated carbocycles. The van der Waals surface area contributed by atoms with Crippen molar-refractivity contribution in [1.29, 1.82) is 0 Å². The van der Waals surface area contributed by atoms with E-state index in [0.717, 1.165) is 27.6 Å². The number of benzene rings is 1. The van der Waals surface area contributed by atoms with Gasteiger partial charge in [0, 0.05) is 24.0 Å². The SMILES string of the molecule is Cc1ccc2cc(C(=O)N3C[C@@H](C(F)(F)F)[C@H](NC(=O)c4ccoc4)C3)[nH]c2c1. The molecule has 3 heterocycles. The molecule has 0 radical (unpaired) electrons. The summed E-state index contributed by atoms with van der Waals surface area (Å²) in [5.41, 5.74) is 2.08. The first-order valence-electron chi connectivity index (χ1n) is 9.01. The van der Waals surface area contributed by atoms with E-state index in [1.54, 1.807) is 6.07 Å². The van der Waals surface area contributed by atoms with Crippen molar-refractivity contribution in [3.63, 3.8) is 0 Å². The number of furan rings is 1. The van der Waals surface area contributed by atoms with Gasteiger partial charge in [-0.2, -0.15) is 13.2 Å². The summed E-state index contributed by atoms with van der Waals surface area (Å²) >= 11 is 0. The number of aryl methyl sites for hydroxylation is 1. The molecule has 1 aliphatic rings. The lowest BCUT2D eigenvalue weighted by molar-refractivity contribution is -0.174. The Balaban J connectivity index is 1.55. The van der Waals surface area contributed by atoms with Crippen molar-refractivity contribution in [1.82, 2.24) is 15.2 Å². The van der Waals surface area contributed by atoms with Gasteiger partial charge in [0.2, 0.25) is 0 Å². The Labute approximate surface area is 163 Å². The van der Waals surface area contributed by atoms with Gasteiger partial charge in [-0.25, -0.2) is 0 Å². The van der Waals surface area contributed by atoms with E-state index >= 15 is 0 Å². The third-order valence-electron chi connectivity index (χ3n) is 5.14. The van der Waals surface area contributed by atoms with Crippen LogP contribution in [-0.4, -0.2) is 47.0 Å². The lowest BCUT2D eigenvalue weighted by Gasteiger charge is -2.21. The maximum atomic E-state index is 13.5. The van der Waals surface area contributed by atoms with Crippen molar-refractivity contribution >= 4 is 22.7 Å². The van der Waals surface area contributed by atoms with Gasteiger partial charge >= 0.3 is 6.18 Å². The first kappa shape index (κ1) is 19.1. The first-order valence-corrected chi connectivity index (χ1v) is 9.01. The van der Waals surface area contributed by atoms with E-state index in [9.17, 15) is 22.8 Å². The second-order valence-electron chi connectivity index (χ2n) is 7.22. The largest absolute Gasteiger partial charge is 0.472 e. The number of aromatic amines is 1. The minimum Gasteiger partial charge on any atom is -0.472 e. The summed E-state index contributed by atoms with van der Waals surface area (Å²) < 4.78 is 45.4. The Morgan fingerprint density at radius 1 is 1.21 bits per heavy atom. The third-order valence-corrected chi connectivity index (χ3v) is 5.14. The second kappa shape index (κ2) is 6.98. The molecule has 29 heavy (non-hydrogen) atoms. The lowest BCUT2D eigenvalue weighted by atomic mass is 10.0. The highest BCUT2D eigenvalue weighted by atomic mass is 19.4. The maximum absolute atomic E-state index is 13.5. The Morgan fingerprint density at radius 3 is 2.69 bits per heavy atom. The number of alkyl halides is 3. The van der Waals surface area contributed by atoms with Crippen molar-refractivity contribution in [2.24, 2.45) is 5.92 Å². The topological polar surface area (TPSA) is 78.3 Å². The quantitative estimate of drug-likeness (QED) is 0.700. The molecule has 2 atom stereocenters. The molecule has 3 aromatic rings. The number of rotatable bonds is 3. The van der Waals surface area contributed by atoms with Gasteiger partial charge < -0.3 is 19.6 Å². The second-order valence-corrected chi connectivity index (χ2v) is 7.22. The third kappa shape index (κ3) is 3.72. The van der Waals surface area contributed by atoms with Gasteiger partial charge in [0.1, 0.15) is 12.0 Å². The summed E-state index contributed by atoms with van der Waals surface area (Å²) in [5.74, 6) is -3.06. The Hall–Kier alpha value is -3.23. The van der Waals surface area contributed by atoms with Crippen LogP contribution in [0, 0.1) is 12.8 Å². The zero-order chi connectivity index (χ0) is 20.8. The Bertz CT molecular complexity index is 1060. The van der Waals surface area contributed by atoms with Crippen LogP contribution >= 0.6 is 0 Å². The molecule has 1 aliphatic heterocycles. The fourth-order valence-corrected chi connectivity index (χ4v) is 3.62. The molecule has 2 aromatic heterocycles. The van der Waals surface area contributed by atoms with Gasteiger partial charge in [0.05, 0.1) is 23.8 Å². The fourth-order valence-electron chi connectivity index (χ4n) is 3.62. The summed E-state index contributed by atoms with van der Waals surface area (Å²) in [6.07, 6.45) is -2.14. The first-order chi connectivity index (χ1) is 13.7. The number of hydrogen-bond acceptors (Lipinski definition) is 3. The molecule has 1 fully saturated rings. The van der Waals surface area contributed by atoms with Crippen molar-refractivity contribution in [3.05, 3.63) is 59.7 Å². The van der Waals surface area contributed by atoms with Crippen LogP contribution in [0.3, 0.4) is 0 Å². The van der Waals surface area contributed by atoms with E-state index in [1.165, 1.54) is 12.3 Å². The van der Waals surface area contributed by atoms with Crippen molar-refractivity contribution in [3.8, 4) is 0 Å². The smallest absolute Gasteiger partial charge is 0.395 e. The zero-order valence-electron chi connectivity index (χ0n) is 15.4. The summed E-state index contributed by atoms with van der Waals surface area (Å²) in [7, 11) is 0. The highest BCUT2D eigenvalue weighted by molar-refractivity contribution is 5.98. The molecule has 0 spiro atoms. The average Bonchev–Trinajstić information content (AvgIpc) is 3.39. The van der Waals surface area contributed by atoms with Crippen LogP contribution in [0.1, 0.15) is 26.4 Å². The molecular formula is C20H18F3N3O3. The van der Waals surface area contributed by atoms with E-state index in [-0.39, 0.29) is 17.8 Å². The lowest BCUT2D eigenvalue weighted by Crippen LogP contribution is -2.45. The van der Waals surface area contributed by atoms with Crippen molar-refractivity contribution in [2.75, 3.05) is 13.1 Å². The number of nitrogens with one attached hydrogen (secondary N) is 2. The van der Waals surface area contributed by atoms with Gasteiger partial charge in [0.15, 0.2) is 0 Å². The van der Waals surface area contributed by atoms with E-state index in [2.05, 4.69) is 10.3 Å². The highest BCUT2D eigenvalue weighted by Crippen LogP contribution is 2.34. The zero-order valence-corrected chi connectivity index (χ0v) is 15.4. The summed E-state index contributed by atoms with van der Waals surface area (Å²) in [6.45, 7) is 1.15. The van der Waals surface area contributed by atoms with Crippen LogP contribution in [0.25, 0.3) is 10.9 Å². The van der Waals surface area contributed by atoms with Crippen LogP contribution < -0.4 is 5.32 Å². The van der Waals surface area contributed by atoms with Crippen LogP contribution in [-0.2, 0) is 0 Å². The van der Waals surface area contributed by atoms with Crippen LogP contribution in [0.5, 0.6) is 0 Å². The molecule has 2 N–H and O–H groups in total. The van der Waals surface area contributed by atoms with Crippen LogP contribution in [0.15, 0.2) is 47.3 Å². The number of nitrogens with zero attached hydrogens (tertiary/aromatic N) is 1. The molecule has 0 aliphatic carbocycles. The number of H-pyrrole nitrogens is 1. The number of halogens is 3. The molecule has 1 aromatic carbocycles. The van der Waals surface area contributed by atoms with E-state index < -0.39 is 36.5 Å². The molecule has 2 amide bonds. The predicted octanol–water partition coefficient (Wildman–Crippen LogP) is 3.50. The molecular weight excluding hydrogens is 387 g/mol. The van der Waals surface area contributed by atoms with Gasteiger partial charge in [-0.15, -0.1) is 0 Å². The Morgan fingerprint density at radius 2 is 2.00 bits per heavy atom. The molecule has 0 bridgehead atoms. The molecule has 152 valence electrons. The van der Waals surface area contributed by atoms with E-state index in [4.69, 9.17) is 4.42 Å². The molecule has 0 unspecified atom stereocenters. The average molecular weight is 405 g/mol. The number of carbonyl (C=O) groups excluding carboxylic acids is 2. The highest BCUT2D eigenvalue weighted by Gasteiger charge is 2.51. The summed E-state index contributed by atoms with van der Waals surface area (Å²) in [6, 6.07) is 7.34. The Kier molecular flexibility index (Phi) is 4.60. The van der Waals surface area contributed by atoms with Gasteiger partial charge in [-0.3, -0.25) is 9.59 Å². The number of likely N-dealkylation sites (tertiary alicyclic amines) is 1. The minimum atomic E-state index is -4.55.